The molecule has 0 spiro atoms. The highest BCUT2D eigenvalue weighted by atomic mass is 16.5. The van der Waals surface area contributed by atoms with Crippen LogP contribution in [0.25, 0.3) is 0 Å². The van der Waals surface area contributed by atoms with E-state index in [2.05, 4.69) is 10.2 Å². The molecule has 0 bridgehead atoms. The van der Waals surface area contributed by atoms with Crippen LogP contribution in [0.1, 0.15) is 12.8 Å². The molecule has 0 saturated carbocycles. The van der Waals surface area contributed by atoms with Crippen LogP contribution in [0.3, 0.4) is 0 Å². The monoisotopic (exact) mass is 308 g/mol. The molecular weight excluding hydrogens is 284 g/mol. The normalized spacial score (nSPS) is 16.3. The molecule has 1 amide bonds. The topological polar surface area (TPSA) is 60.0 Å². The van der Waals surface area contributed by atoms with E-state index in [0.29, 0.717) is 29.8 Å². The van der Waals surface area contributed by atoms with Crippen LogP contribution in [-0.2, 0) is 9.53 Å². The van der Waals surface area contributed by atoms with Crippen molar-refractivity contribution in [2.45, 2.75) is 18.9 Å². The molecule has 1 saturated heterocycles. The first-order chi connectivity index (χ1) is 10.7. The third kappa shape index (κ3) is 4.35. The number of rotatable bonds is 6. The van der Waals surface area contributed by atoms with Gasteiger partial charge in [0.1, 0.15) is 11.5 Å². The standard InChI is InChI=1S/C16H24N2O4/c1-20-12-6-8-18(9-7-12)11-16(19)17-14-5-4-13(21-2)10-15(14)22-3/h4-5,10,12H,6-9,11H2,1-3H3,(H,17,19). The number of hydrogen-bond donors (Lipinski definition) is 1. The quantitative estimate of drug-likeness (QED) is 0.867. The molecule has 6 heteroatoms. The number of nitrogens with one attached hydrogen (secondary N) is 1. The molecular formula is C16H24N2O4. The van der Waals surface area contributed by atoms with Gasteiger partial charge in [-0.2, -0.15) is 0 Å². The molecule has 2 rings (SSSR count). The van der Waals surface area contributed by atoms with Crippen molar-refractivity contribution in [3.8, 4) is 11.5 Å². The zero-order valence-electron chi connectivity index (χ0n) is 13.4. The van der Waals surface area contributed by atoms with E-state index < -0.39 is 0 Å². The van der Waals surface area contributed by atoms with E-state index in [1.165, 1.54) is 0 Å². The summed E-state index contributed by atoms with van der Waals surface area (Å²) in [6.07, 6.45) is 2.26. The summed E-state index contributed by atoms with van der Waals surface area (Å²) in [7, 11) is 4.90. The molecule has 1 aromatic rings. The Morgan fingerprint density at radius 1 is 1.23 bits per heavy atom. The molecule has 1 aromatic carbocycles. The van der Waals surface area contributed by atoms with Gasteiger partial charge in [-0.1, -0.05) is 0 Å². The Labute approximate surface area is 131 Å². The first-order valence-electron chi connectivity index (χ1n) is 7.43. The maximum atomic E-state index is 12.2. The van der Waals surface area contributed by atoms with Gasteiger partial charge in [-0.25, -0.2) is 0 Å². The van der Waals surface area contributed by atoms with E-state index in [4.69, 9.17) is 14.2 Å². The van der Waals surface area contributed by atoms with E-state index in [1.54, 1.807) is 39.5 Å². The summed E-state index contributed by atoms with van der Waals surface area (Å²) < 4.78 is 15.8. The second kappa shape index (κ2) is 8.00. The molecule has 6 nitrogen and oxygen atoms in total. The molecule has 0 radical (unpaired) electrons. The fourth-order valence-corrected chi connectivity index (χ4v) is 2.60. The van der Waals surface area contributed by atoms with Gasteiger partial charge in [-0.05, 0) is 25.0 Å². The first kappa shape index (κ1) is 16.6. The van der Waals surface area contributed by atoms with Gasteiger partial charge in [0.2, 0.25) is 5.91 Å². The molecule has 0 aromatic heterocycles. The largest absolute Gasteiger partial charge is 0.497 e. The van der Waals surface area contributed by atoms with Crippen LogP contribution in [-0.4, -0.2) is 57.9 Å². The van der Waals surface area contributed by atoms with Crippen LogP contribution < -0.4 is 14.8 Å². The Balaban J connectivity index is 1.89. The molecule has 1 N–H and O–H groups in total. The number of carbonyl (C=O) groups is 1. The summed E-state index contributed by atoms with van der Waals surface area (Å²) in [4.78, 5) is 14.3. The van der Waals surface area contributed by atoms with Crippen molar-refractivity contribution in [2.24, 2.45) is 0 Å². The minimum atomic E-state index is -0.0423. The van der Waals surface area contributed by atoms with E-state index in [-0.39, 0.29) is 5.91 Å². The third-order valence-corrected chi connectivity index (χ3v) is 3.92. The predicted molar refractivity (Wildman–Crippen MR) is 84.6 cm³/mol. The molecule has 122 valence electrons. The number of anilines is 1. The summed E-state index contributed by atoms with van der Waals surface area (Å²) in [5, 5.41) is 2.89. The van der Waals surface area contributed by atoms with Gasteiger partial charge in [-0.3, -0.25) is 9.69 Å². The SMILES string of the molecule is COc1ccc(NC(=O)CN2CCC(OC)CC2)c(OC)c1. The number of amides is 1. The Hall–Kier alpha value is -1.79. The lowest BCUT2D eigenvalue weighted by Gasteiger charge is -2.30. The van der Waals surface area contributed by atoms with Crippen molar-refractivity contribution in [3.63, 3.8) is 0 Å². The Bertz CT molecular complexity index is 499. The van der Waals surface area contributed by atoms with E-state index in [1.807, 2.05) is 0 Å². The summed E-state index contributed by atoms with van der Waals surface area (Å²) in [5.41, 5.74) is 0.653. The average molecular weight is 308 g/mol. The molecule has 1 aliphatic heterocycles. The smallest absolute Gasteiger partial charge is 0.238 e. The van der Waals surface area contributed by atoms with Crippen LogP contribution in [0.4, 0.5) is 5.69 Å². The predicted octanol–water partition coefficient (Wildman–Crippen LogP) is 1.75. The number of carbonyl (C=O) groups excluding carboxylic acids is 1. The molecule has 1 aliphatic rings. The summed E-state index contributed by atoms with van der Waals surface area (Å²) in [5.74, 6) is 1.24. The Kier molecular flexibility index (Phi) is 6.03. The maximum Gasteiger partial charge on any atom is 0.238 e. The number of ether oxygens (including phenoxy) is 3. The molecule has 0 unspecified atom stereocenters. The highest BCUT2D eigenvalue weighted by molar-refractivity contribution is 5.93. The van der Waals surface area contributed by atoms with Crippen LogP contribution in [0, 0.1) is 0 Å². The highest BCUT2D eigenvalue weighted by Crippen LogP contribution is 2.29. The lowest BCUT2D eigenvalue weighted by atomic mass is 10.1. The minimum Gasteiger partial charge on any atom is -0.497 e. The van der Waals surface area contributed by atoms with Crippen molar-refractivity contribution in [2.75, 3.05) is 46.3 Å². The second-order valence-electron chi connectivity index (χ2n) is 5.33. The van der Waals surface area contributed by atoms with Crippen LogP contribution in [0.2, 0.25) is 0 Å². The molecule has 1 heterocycles. The van der Waals surface area contributed by atoms with Gasteiger partial charge < -0.3 is 19.5 Å². The second-order valence-corrected chi connectivity index (χ2v) is 5.33. The number of likely N-dealkylation sites (tertiary alicyclic amines) is 1. The van der Waals surface area contributed by atoms with E-state index in [9.17, 15) is 4.79 Å². The zero-order valence-corrected chi connectivity index (χ0v) is 13.4. The number of nitrogens with zero attached hydrogens (tertiary/aromatic N) is 1. The lowest BCUT2D eigenvalue weighted by molar-refractivity contribution is -0.117. The summed E-state index contributed by atoms with van der Waals surface area (Å²) >= 11 is 0. The minimum absolute atomic E-state index is 0.0423. The van der Waals surface area contributed by atoms with Crippen molar-refractivity contribution in [1.82, 2.24) is 4.90 Å². The van der Waals surface area contributed by atoms with Crippen molar-refractivity contribution < 1.29 is 19.0 Å². The Morgan fingerprint density at radius 2 is 1.95 bits per heavy atom. The number of methoxy groups -OCH3 is 3. The van der Waals surface area contributed by atoms with Crippen LogP contribution in [0.5, 0.6) is 11.5 Å². The number of hydrogen-bond acceptors (Lipinski definition) is 5. The summed E-state index contributed by atoms with van der Waals surface area (Å²) in [6.45, 7) is 2.14. The average Bonchev–Trinajstić information content (AvgIpc) is 2.55. The zero-order chi connectivity index (χ0) is 15.9. The van der Waals surface area contributed by atoms with Gasteiger partial charge in [-0.15, -0.1) is 0 Å². The molecule has 0 aliphatic carbocycles. The van der Waals surface area contributed by atoms with Crippen LogP contribution >= 0.6 is 0 Å². The fourth-order valence-electron chi connectivity index (χ4n) is 2.60. The lowest BCUT2D eigenvalue weighted by Crippen LogP contribution is -2.41. The van der Waals surface area contributed by atoms with Crippen molar-refractivity contribution >= 4 is 11.6 Å². The van der Waals surface area contributed by atoms with Crippen molar-refractivity contribution in [1.29, 1.82) is 0 Å². The first-order valence-corrected chi connectivity index (χ1v) is 7.43. The number of piperidine rings is 1. The molecule has 1 fully saturated rings. The Morgan fingerprint density at radius 3 is 2.55 bits per heavy atom. The van der Waals surface area contributed by atoms with Gasteiger partial charge in [0.15, 0.2) is 0 Å². The van der Waals surface area contributed by atoms with Gasteiger partial charge in [0.05, 0.1) is 32.6 Å². The van der Waals surface area contributed by atoms with Gasteiger partial charge in [0, 0.05) is 26.3 Å². The van der Waals surface area contributed by atoms with Crippen molar-refractivity contribution in [3.05, 3.63) is 18.2 Å². The fraction of sp³-hybridized carbons (Fsp3) is 0.562. The van der Waals surface area contributed by atoms with Crippen LogP contribution in [0.15, 0.2) is 18.2 Å². The van der Waals surface area contributed by atoms with Gasteiger partial charge >= 0.3 is 0 Å². The van der Waals surface area contributed by atoms with E-state index in [0.717, 1.165) is 25.9 Å². The summed E-state index contributed by atoms with van der Waals surface area (Å²) in [6, 6.07) is 5.33. The third-order valence-electron chi connectivity index (χ3n) is 3.92. The highest BCUT2D eigenvalue weighted by Gasteiger charge is 2.20. The maximum absolute atomic E-state index is 12.2. The number of benzene rings is 1. The molecule has 0 atom stereocenters. The van der Waals surface area contributed by atoms with Gasteiger partial charge in [0.25, 0.3) is 0 Å². The van der Waals surface area contributed by atoms with E-state index >= 15 is 0 Å². The molecule has 22 heavy (non-hydrogen) atoms.